The molecule has 3 aromatic rings. The van der Waals surface area contributed by atoms with Crippen LogP contribution in [0.3, 0.4) is 0 Å². The van der Waals surface area contributed by atoms with Crippen molar-refractivity contribution in [1.82, 2.24) is 15.3 Å². The van der Waals surface area contributed by atoms with Crippen LogP contribution >= 0.6 is 11.3 Å². The topological polar surface area (TPSA) is 88.0 Å². The molecule has 0 bridgehead atoms. The van der Waals surface area contributed by atoms with Gasteiger partial charge in [-0.05, 0) is 12.1 Å². The van der Waals surface area contributed by atoms with E-state index < -0.39 is 5.76 Å². The van der Waals surface area contributed by atoms with Crippen molar-refractivity contribution in [2.24, 2.45) is 0 Å². The number of nitrogens with one attached hydrogen (secondary N) is 2. The molecule has 0 radical (unpaired) electrons. The monoisotopic (exact) mass is 303 g/mol. The van der Waals surface area contributed by atoms with Crippen LogP contribution in [0, 0.1) is 0 Å². The molecular weight excluding hydrogens is 290 g/mol. The van der Waals surface area contributed by atoms with Gasteiger partial charge in [-0.3, -0.25) is 9.78 Å². The zero-order valence-corrected chi connectivity index (χ0v) is 12.1. The Morgan fingerprint density at radius 3 is 3.14 bits per heavy atom. The Balaban J connectivity index is 1.83. The van der Waals surface area contributed by atoms with E-state index in [1.54, 1.807) is 12.1 Å². The molecule has 1 aromatic carbocycles. The molecule has 2 heterocycles. The molecular formula is C14H13N3O3S. The molecule has 0 aliphatic rings. The quantitative estimate of drug-likeness (QED) is 0.774. The van der Waals surface area contributed by atoms with Gasteiger partial charge < -0.3 is 9.73 Å². The molecule has 0 atom stereocenters. The van der Waals surface area contributed by atoms with Gasteiger partial charge >= 0.3 is 5.76 Å². The van der Waals surface area contributed by atoms with Gasteiger partial charge in [-0.15, -0.1) is 11.3 Å². The highest BCUT2D eigenvalue weighted by Crippen LogP contribution is 2.24. The molecule has 2 aromatic heterocycles. The second-order valence-corrected chi connectivity index (χ2v) is 5.42. The number of benzene rings is 1. The normalized spacial score (nSPS) is 10.9. The van der Waals surface area contributed by atoms with Crippen molar-refractivity contribution in [3.05, 3.63) is 39.1 Å². The van der Waals surface area contributed by atoms with E-state index >= 15 is 0 Å². The number of oxazole rings is 1. The molecule has 0 saturated carbocycles. The molecule has 7 heteroatoms. The van der Waals surface area contributed by atoms with Gasteiger partial charge in [0, 0.05) is 17.4 Å². The smallest absolute Gasteiger partial charge is 0.408 e. The van der Waals surface area contributed by atoms with Crippen molar-refractivity contribution in [2.45, 2.75) is 19.9 Å². The molecule has 0 spiro atoms. The van der Waals surface area contributed by atoms with E-state index in [1.807, 2.05) is 18.4 Å². The number of thiazole rings is 1. The van der Waals surface area contributed by atoms with Gasteiger partial charge in [-0.25, -0.2) is 9.78 Å². The fraction of sp³-hybridized carbons (Fsp3) is 0.214. The first-order valence-corrected chi connectivity index (χ1v) is 7.38. The van der Waals surface area contributed by atoms with E-state index in [2.05, 4.69) is 15.3 Å². The summed E-state index contributed by atoms with van der Waals surface area (Å²) in [7, 11) is 0. The average Bonchev–Trinajstić information content (AvgIpc) is 3.08. The summed E-state index contributed by atoms with van der Waals surface area (Å²) < 4.78 is 5.04. The summed E-state index contributed by atoms with van der Waals surface area (Å²) in [4.78, 5) is 29.4. The predicted octanol–water partition coefficient (Wildman–Crippen LogP) is 2.27. The van der Waals surface area contributed by atoms with Gasteiger partial charge in [-0.1, -0.05) is 13.0 Å². The summed E-state index contributed by atoms with van der Waals surface area (Å²) in [5.41, 5.74) is 2.84. The molecule has 0 aliphatic carbocycles. The van der Waals surface area contributed by atoms with Gasteiger partial charge in [0.15, 0.2) is 5.58 Å². The molecule has 108 valence electrons. The number of amides is 1. The van der Waals surface area contributed by atoms with E-state index in [0.717, 1.165) is 16.3 Å². The molecule has 0 aliphatic heterocycles. The van der Waals surface area contributed by atoms with E-state index in [-0.39, 0.29) is 5.91 Å². The van der Waals surface area contributed by atoms with Gasteiger partial charge in [0.05, 0.1) is 17.8 Å². The molecule has 0 unspecified atom stereocenters. The third-order valence-corrected chi connectivity index (χ3v) is 3.88. The van der Waals surface area contributed by atoms with Gasteiger partial charge in [0.25, 0.3) is 0 Å². The minimum atomic E-state index is -0.469. The lowest BCUT2D eigenvalue weighted by atomic mass is 10.1. The molecule has 0 fully saturated rings. The van der Waals surface area contributed by atoms with Gasteiger partial charge in [-0.2, -0.15) is 0 Å². The first-order chi connectivity index (χ1) is 10.2. The number of aromatic amines is 1. The number of nitrogens with zero attached hydrogens (tertiary/aromatic N) is 1. The van der Waals surface area contributed by atoms with Crippen LogP contribution in [-0.4, -0.2) is 15.9 Å². The standard InChI is InChI=1S/C14H13N3O3S/c1-2-12(18)15-6-13-16-10(7-21-13)8-3-4-9-11(5-8)20-14(19)17-9/h3-5,7H,2,6H2,1H3,(H,15,18)(H,17,19). The predicted molar refractivity (Wildman–Crippen MR) is 80.1 cm³/mol. The molecule has 1 amide bonds. The number of H-pyrrole nitrogens is 1. The van der Waals surface area contributed by atoms with Gasteiger partial charge in [0.1, 0.15) is 5.01 Å². The van der Waals surface area contributed by atoms with E-state index in [9.17, 15) is 9.59 Å². The Labute approximate surface area is 123 Å². The highest BCUT2D eigenvalue weighted by atomic mass is 32.1. The van der Waals surface area contributed by atoms with Crippen molar-refractivity contribution in [3.63, 3.8) is 0 Å². The Hall–Kier alpha value is -2.41. The summed E-state index contributed by atoms with van der Waals surface area (Å²) in [6.07, 6.45) is 0.460. The van der Waals surface area contributed by atoms with Crippen LogP contribution in [0.5, 0.6) is 0 Å². The lowest BCUT2D eigenvalue weighted by Crippen LogP contribution is -2.21. The van der Waals surface area contributed by atoms with Crippen molar-refractivity contribution in [1.29, 1.82) is 0 Å². The molecule has 0 saturated heterocycles. The lowest BCUT2D eigenvalue weighted by molar-refractivity contribution is -0.120. The maximum Gasteiger partial charge on any atom is 0.417 e. The van der Waals surface area contributed by atoms with Crippen LogP contribution in [0.1, 0.15) is 18.4 Å². The number of hydrogen-bond donors (Lipinski definition) is 2. The Morgan fingerprint density at radius 1 is 1.48 bits per heavy atom. The largest absolute Gasteiger partial charge is 0.417 e. The first kappa shape index (κ1) is 13.6. The van der Waals surface area contributed by atoms with E-state index in [0.29, 0.717) is 24.1 Å². The fourth-order valence-electron chi connectivity index (χ4n) is 1.93. The molecule has 2 N–H and O–H groups in total. The fourth-order valence-corrected chi connectivity index (χ4v) is 2.67. The number of rotatable bonds is 4. The summed E-state index contributed by atoms with van der Waals surface area (Å²) >= 11 is 1.48. The number of carbonyl (C=O) groups is 1. The number of aromatic nitrogens is 2. The summed E-state index contributed by atoms with van der Waals surface area (Å²) in [6, 6.07) is 5.43. The summed E-state index contributed by atoms with van der Waals surface area (Å²) in [5, 5.41) is 5.54. The third kappa shape index (κ3) is 2.87. The van der Waals surface area contributed by atoms with Crippen LogP contribution in [-0.2, 0) is 11.3 Å². The molecule has 3 rings (SSSR count). The molecule has 6 nitrogen and oxygen atoms in total. The average molecular weight is 303 g/mol. The number of carbonyl (C=O) groups excluding carboxylic acids is 1. The van der Waals surface area contributed by atoms with Crippen molar-refractivity contribution < 1.29 is 9.21 Å². The van der Waals surface area contributed by atoms with Crippen LogP contribution in [0.15, 0.2) is 32.8 Å². The zero-order valence-electron chi connectivity index (χ0n) is 11.3. The van der Waals surface area contributed by atoms with Crippen molar-refractivity contribution in [3.8, 4) is 11.3 Å². The third-order valence-electron chi connectivity index (χ3n) is 3.03. The second kappa shape index (κ2) is 5.53. The second-order valence-electron chi connectivity index (χ2n) is 4.48. The van der Waals surface area contributed by atoms with Crippen LogP contribution in [0.25, 0.3) is 22.4 Å². The van der Waals surface area contributed by atoms with E-state index in [1.165, 1.54) is 11.3 Å². The van der Waals surface area contributed by atoms with Crippen molar-refractivity contribution >= 4 is 28.3 Å². The highest BCUT2D eigenvalue weighted by Gasteiger charge is 2.08. The first-order valence-electron chi connectivity index (χ1n) is 6.50. The summed E-state index contributed by atoms with van der Waals surface area (Å²) in [6.45, 7) is 2.24. The van der Waals surface area contributed by atoms with Crippen LogP contribution < -0.4 is 11.1 Å². The number of hydrogen-bond acceptors (Lipinski definition) is 5. The summed E-state index contributed by atoms with van der Waals surface area (Å²) in [5.74, 6) is -0.467. The highest BCUT2D eigenvalue weighted by molar-refractivity contribution is 7.09. The Bertz CT molecular complexity index is 846. The van der Waals surface area contributed by atoms with Gasteiger partial charge in [0.2, 0.25) is 5.91 Å². The zero-order chi connectivity index (χ0) is 14.8. The SMILES string of the molecule is CCC(=O)NCc1nc(-c2ccc3[nH]c(=O)oc3c2)cs1. The molecule has 21 heavy (non-hydrogen) atoms. The van der Waals surface area contributed by atoms with Crippen LogP contribution in [0.4, 0.5) is 0 Å². The Morgan fingerprint density at radius 2 is 2.33 bits per heavy atom. The van der Waals surface area contributed by atoms with Crippen LogP contribution in [0.2, 0.25) is 0 Å². The Kier molecular flexibility index (Phi) is 3.57. The number of fused-ring (bicyclic) bond motifs is 1. The minimum Gasteiger partial charge on any atom is -0.408 e. The maximum atomic E-state index is 11.2. The van der Waals surface area contributed by atoms with E-state index in [4.69, 9.17) is 4.42 Å². The maximum absolute atomic E-state index is 11.2. The van der Waals surface area contributed by atoms with Crippen molar-refractivity contribution in [2.75, 3.05) is 0 Å². The lowest BCUT2D eigenvalue weighted by Gasteiger charge is -1.99. The minimum absolute atomic E-state index is 0.00210.